The van der Waals surface area contributed by atoms with E-state index in [1.165, 1.54) is 11.1 Å². The van der Waals surface area contributed by atoms with E-state index in [1.807, 2.05) is 54.9 Å². The second kappa shape index (κ2) is 15.1. The van der Waals surface area contributed by atoms with Crippen LogP contribution < -0.4 is 10.9 Å². The summed E-state index contributed by atoms with van der Waals surface area (Å²) in [6, 6.07) is 25.2. The molecule has 2 aromatic heterocycles. The zero-order valence-corrected chi connectivity index (χ0v) is 31.5. The largest absolute Gasteiger partial charge is 0.748 e. The maximum Gasteiger partial charge on any atom is 0.0694 e. The molecule has 0 aliphatic rings. The molecule has 0 spiro atoms. The maximum absolute atomic E-state index is 4.84. The molecule has 4 aromatic rings. The molecule has 0 saturated heterocycles. The van der Waals surface area contributed by atoms with Gasteiger partial charge in [-0.3, -0.25) is 9.97 Å². The van der Waals surface area contributed by atoms with Crippen LogP contribution in [-0.2, 0) is 40.2 Å². The van der Waals surface area contributed by atoms with E-state index in [9.17, 15) is 0 Å². The molecule has 0 aliphatic carbocycles. The normalized spacial score (nSPS) is 12.6. The van der Waals surface area contributed by atoms with Gasteiger partial charge in [-0.05, 0) is 54.1 Å². The zero-order chi connectivity index (χ0) is 31.3. The van der Waals surface area contributed by atoms with Crippen LogP contribution in [0.2, 0.25) is 0 Å². The quantitative estimate of drug-likeness (QED) is 0.117. The molecule has 4 rings (SSSR count). The average molecular weight is 657 g/mol. The van der Waals surface area contributed by atoms with Gasteiger partial charge in [-0.15, -0.1) is 13.5 Å². The molecule has 0 N–H and O–H groups in total. The first-order valence-corrected chi connectivity index (χ1v) is 18.3. The Hall–Kier alpha value is -1.62. The Kier molecular flexibility index (Phi) is 13.2. The molecule has 2 nitrogen and oxygen atoms in total. The van der Waals surface area contributed by atoms with Crippen molar-refractivity contribution in [3.8, 4) is 0 Å². The standard InChI is InChI=1S/C33H49N2P2.C5H5.Fe/c1-30(2,3)26-21-24(22-36(27-17-13-15-19-34-27)28-18-14-16-20-35-28)25(29(26)31(4,5)6)23-37(32(7,8)9)33(10,11)12;1-2-4-5-3-1;/h13-21H,22-23H2,1-12H3;1-5H;/q-1;-5;. The molecule has 0 radical (unpaired) electrons. The summed E-state index contributed by atoms with van der Waals surface area (Å²) in [5.41, 5.74) is 8.68. The summed E-state index contributed by atoms with van der Waals surface area (Å²) >= 11 is 0. The van der Waals surface area contributed by atoms with Crippen LogP contribution in [0, 0.1) is 0 Å². The Bertz CT molecular complexity index is 1280. The van der Waals surface area contributed by atoms with E-state index in [0.717, 1.165) is 23.2 Å². The summed E-state index contributed by atoms with van der Waals surface area (Å²) in [6.07, 6.45) is 6.00. The molecule has 0 saturated carbocycles. The van der Waals surface area contributed by atoms with Crippen LogP contribution in [0.4, 0.5) is 0 Å². The van der Waals surface area contributed by atoms with Crippen LogP contribution >= 0.6 is 15.8 Å². The van der Waals surface area contributed by atoms with Crippen molar-refractivity contribution >= 4 is 26.7 Å². The van der Waals surface area contributed by atoms with E-state index in [0.29, 0.717) is 0 Å². The molecule has 43 heavy (non-hydrogen) atoms. The van der Waals surface area contributed by atoms with Gasteiger partial charge in [0.25, 0.3) is 0 Å². The minimum atomic E-state index is -0.710. The molecular weight excluding hydrogens is 602 g/mol. The van der Waals surface area contributed by atoms with Crippen LogP contribution in [0.15, 0.2) is 85.2 Å². The number of pyridine rings is 2. The van der Waals surface area contributed by atoms with Crippen LogP contribution in [0.5, 0.6) is 0 Å². The molecule has 240 valence electrons. The van der Waals surface area contributed by atoms with Gasteiger partial charge in [0.05, 0.1) is 10.9 Å². The van der Waals surface area contributed by atoms with Crippen LogP contribution in [0.1, 0.15) is 105 Å². The van der Waals surface area contributed by atoms with Gasteiger partial charge in [0, 0.05) is 29.5 Å². The molecular formula is C38H54FeN2P2-6. The fourth-order valence-corrected chi connectivity index (χ4v) is 11.6. The number of rotatable bonds is 6. The van der Waals surface area contributed by atoms with Crippen LogP contribution in [-0.4, -0.2) is 20.3 Å². The SMILES string of the molecule is CC(C)(C)c1cc(CP(c2ccccn2)c2ccccn2)[c-](CP(C(C)(C)C)C(C)(C)C)c1C(C)(C)C.[Fe].[cH-]1[cH-][cH-][cH-][cH-]1. The third-order valence-corrected chi connectivity index (χ3v) is 13.7. The molecule has 2 heterocycles. The second-order valence-electron chi connectivity index (χ2n) is 15.3. The van der Waals surface area contributed by atoms with E-state index in [2.05, 4.69) is 113 Å². The third kappa shape index (κ3) is 10.5. The van der Waals surface area contributed by atoms with Crippen molar-refractivity contribution in [1.82, 2.24) is 9.97 Å². The summed E-state index contributed by atoms with van der Waals surface area (Å²) in [6.45, 7) is 29.0. The van der Waals surface area contributed by atoms with Crippen molar-refractivity contribution in [1.29, 1.82) is 0 Å². The topological polar surface area (TPSA) is 25.8 Å². The Balaban J connectivity index is 0.000000973. The Morgan fingerprint density at radius 3 is 1.42 bits per heavy atom. The van der Waals surface area contributed by atoms with E-state index in [-0.39, 0.29) is 46.1 Å². The minimum absolute atomic E-state index is 0. The zero-order valence-electron chi connectivity index (χ0n) is 28.6. The number of aromatic nitrogens is 2. The summed E-state index contributed by atoms with van der Waals surface area (Å²) in [7, 11) is -0.989. The van der Waals surface area contributed by atoms with Crippen molar-refractivity contribution in [3.63, 3.8) is 0 Å². The number of hydrogen-bond acceptors (Lipinski definition) is 2. The van der Waals surface area contributed by atoms with E-state index in [1.54, 1.807) is 11.1 Å². The summed E-state index contributed by atoms with van der Waals surface area (Å²) in [5, 5.41) is 0.539. The average Bonchev–Trinajstić information content (AvgIpc) is 3.57. The monoisotopic (exact) mass is 656 g/mol. The Morgan fingerprint density at radius 2 is 1.09 bits per heavy atom. The second-order valence-corrected chi connectivity index (χ2v) is 21.2. The third-order valence-electron chi connectivity index (χ3n) is 7.51. The van der Waals surface area contributed by atoms with Gasteiger partial charge < -0.3 is 30.3 Å². The molecule has 2 aromatic carbocycles. The van der Waals surface area contributed by atoms with Gasteiger partial charge in [0.15, 0.2) is 0 Å². The predicted molar refractivity (Wildman–Crippen MR) is 190 cm³/mol. The molecule has 0 amide bonds. The van der Waals surface area contributed by atoms with Gasteiger partial charge in [0.2, 0.25) is 0 Å². The first kappa shape index (κ1) is 37.6. The Labute approximate surface area is 276 Å². The molecule has 0 unspecified atom stereocenters. The van der Waals surface area contributed by atoms with Crippen LogP contribution in [0.25, 0.3) is 0 Å². The van der Waals surface area contributed by atoms with Crippen molar-refractivity contribution in [2.24, 2.45) is 0 Å². The molecule has 0 fully saturated rings. The van der Waals surface area contributed by atoms with E-state index in [4.69, 9.17) is 9.97 Å². The number of nitrogens with zero attached hydrogens (tertiary/aromatic N) is 2. The molecule has 0 aliphatic heterocycles. The summed E-state index contributed by atoms with van der Waals surface area (Å²) in [5.74, 6) is 0. The molecule has 5 heteroatoms. The maximum atomic E-state index is 4.84. The van der Waals surface area contributed by atoms with Gasteiger partial charge in [-0.1, -0.05) is 107 Å². The van der Waals surface area contributed by atoms with Crippen molar-refractivity contribution in [2.75, 3.05) is 0 Å². The van der Waals surface area contributed by atoms with Gasteiger partial charge >= 0.3 is 0 Å². The van der Waals surface area contributed by atoms with Crippen molar-refractivity contribution in [2.45, 2.75) is 117 Å². The molecule has 0 atom stereocenters. The predicted octanol–water partition coefficient (Wildman–Crippen LogP) is 10.4. The fraction of sp³-hybridized carbons (Fsp3) is 0.474. The minimum Gasteiger partial charge on any atom is -0.748 e. The van der Waals surface area contributed by atoms with Crippen molar-refractivity contribution < 1.29 is 17.1 Å². The van der Waals surface area contributed by atoms with Gasteiger partial charge in [0.1, 0.15) is 0 Å². The van der Waals surface area contributed by atoms with Crippen LogP contribution in [0.3, 0.4) is 0 Å². The molecule has 0 bridgehead atoms. The van der Waals surface area contributed by atoms with E-state index >= 15 is 0 Å². The number of hydrogen-bond donors (Lipinski definition) is 0. The van der Waals surface area contributed by atoms with Crippen molar-refractivity contribution in [3.05, 3.63) is 107 Å². The Morgan fingerprint density at radius 1 is 0.651 bits per heavy atom. The van der Waals surface area contributed by atoms with E-state index < -0.39 is 7.92 Å². The smallest absolute Gasteiger partial charge is 0.0694 e. The fourth-order valence-electron chi connectivity index (χ4n) is 5.86. The van der Waals surface area contributed by atoms with Gasteiger partial charge in [-0.2, -0.15) is 16.7 Å². The van der Waals surface area contributed by atoms with Gasteiger partial charge in [-0.25, -0.2) is 6.07 Å². The first-order valence-electron chi connectivity index (χ1n) is 15.3. The summed E-state index contributed by atoms with van der Waals surface area (Å²) in [4.78, 5) is 9.68. The first-order chi connectivity index (χ1) is 19.4. The summed E-state index contributed by atoms with van der Waals surface area (Å²) < 4.78 is 0.